The van der Waals surface area contributed by atoms with Crippen molar-refractivity contribution in [2.75, 3.05) is 11.9 Å². The number of anilines is 1. The Labute approximate surface area is 210 Å². The molecule has 1 amide bonds. The zero-order valence-corrected chi connectivity index (χ0v) is 20.4. The summed E-state index contributed by atoms with van der Waals surface area (Å²) in [5.74, 6) is -0.423. The Morgan fingerprint density at radius 1 is 1.08 bits per heavy atom. The second kappa shape index (κ2) is 9.15. The van der Waals surface area contributed by atoms with Crippen LogP contribution in [0.3, 0.4) is 0 Å². The van der Waals surface area contributed by atoms with Gasteiger partial charge in [-0.3, -0.25) is 15.4 Å². The van der Waals surface area contributed by atoms with Crippen LogP contribution in [0.25, 0.3) is 11.1 Å². The number of nitrogens with zero attached hydrogens (tertiary/aromatic N) is 3. The Kier molecular flexibility index (Phi) is 5.82. The average Bonchev–Trinajstić information content (AvgIpc) is 3.50. The summed E-state index contributed by atoms with van der Waals surface area (Å²) in [4.78, 5) is 22.4. The number of benzene rings is 3. The van der Waals surface area contributed by atoms with Gasteiger partial charge in [-0.15, -0.1) is 0 Å². The molecule has 6 nitrogen and oxygen atoms in total. The second-order valence-corrected chi connectivity index (χ2v) is 10.0. The van der Waals surface area contributed by atoms with E-state index in [1.165, 1.54) is 18.9 Å². The van der Waals surface area contributed by atoms with Crippen LogP contribution >= 0.6 is 0 Å². The normalized spacial score (nSPS) is 21.1. The molecule has 3 aliphatic heterocycles. The third kappa shape index (κ3) is 4.18. The molecule has 6 rings (SSSR count). The van der Waals surface area contributed by atoms with E-state index < -0.39 is 6.29 Å². The summed E-state index contributed by atoms with van der Waals surface area (Å²) < 4.78 is 14.4. The fraction of sp³-hybridized carbons (Fsp3) is 0.310. The zero-order chi connectivity index (χ0) is 24.8. The SMILES string of the molecule is CC1CCCN1Cc1ccc(F)cc1-c1ccc2c(c1)C(C(=O)N1Cc3ccccc3C1)=NC(N)N2. The molecule has 0 radical (unpaired) electrons. The van der Waals surface area contributed by atoms with Crippen LogP contribution in [0.5, 0.6) is 0 Å². The van der Waals surface area contributed by atoms with Gasteiger partial charge in [0.15, 0.2) is 6.29 Å². The lowest BCUT2D eigenvalue weighted by Crippen LogP contribution is -2.40. The number of fused-ring (bicyclic) bond motifs is 2. The van der Waals surface area contributed by atoms with Crippen LogP contribution in [0.2, 0.25) is 0 Å². The Morgan fingerprint density at radius 2 is 1.86 bits per heavy atom. The van der Waals surface area contributed by atoms with Gasteiger partial charge in [0.1, 0.15) is 11.5 Å². The molecule has 184 valence electrons. The van der Waals surface area contributed by atoms with Gasteiger partial charge in [-0.05, 0) is 78.4 Å². The highest BCUT2D eigenvalue weighted by molar-refractivity contribution is 6.46. The average molecular weight is 484 g/mol. The number of aliphatic imine (C=N–C) groups is 1. The fourth-order valence-electron chi connectivity index (χ4n) is 5.63. The molecule has 0 aromatic heterocycles. The van der Waals surface area contributed by atoms with Gasteiger partial charge in [0.05, 0.1) is 0 Å². The maximum atomic E-state index is 14.4. The van der Waals surface area contributed by atoms with Crippen LogP contribution in [0.4, 0.5) is 10.1 Å². The van der Waals surface area contributed by atoms with Crippen LogP contribution in [0.15, 0.2) is 65.7 Å². The first-order chi connectivity index (χ1) is 17.5. The van der Waals surface area contributed by atoms with Crippen molar-refractivity contribution in [3.63, 3.8) is 0 Å². The van der Waals surface area contributed by atoms with Crippen LogP contribution in [-0.2, 0) is 24.4 Å². The third-order valence-corrected chi connectivity index (χ3v) is 7.62. The molecule has 1 saturated heterocycles. The molecule has 3 aromatic rings. The van der Waals surface area contributed by atoms with Crippen molar-refractivity contribution in [2.24, 2.45) is 10.7 Å². The van der Waals surface area contributed by atoms with Gasteiger partial charge in [-0.1, -0.05) is 36.4 Å². The molecule has 3 heterocycles. The van der Waals surface area contributed by atoms with Crippen LogP contribution in [-0.4, -0.2) is 40.3 Å². The largest absolute Gasteiger partial charge is 0.351 e. The molecule has 0 saturated carbocycles. The van der Waals surface area contributed by atoms with Crippen LogP contribution in [0.1, 0.15) is 42.0 Å². The standard InChI is InChI=1S/C29H30FN5O/c1-18-5-4-12-34(18)17-22-8-10-23(30)14-24(22)19-9-11-26-25(13-19)27(33-29(31)32-26)28(36)35-15-20-6-2-3-7-21(20)16-35/h2-3,6-11,13-14,18,29,32H,4-5,12,15-17,31H2,1H3. The molecule has 0 aliphatic carbocycles. The number of rotatable bonds is 4. The number of hydrogen-bond donors (Lipinski definition) is 2. The number of amides is 1. The van der Waals surface area contributed by atoms with E-state index in [0.717, 1.165) is 46.6 Å². The number of halogens is 1. The number of hydrogen-bond acceptors (Lipinski definition) is 5. The number of likely N-dealkylation sites (tertiary alicyclic amines) is 1. The number of nitrogens with two attached hydrogens (primary N) is 1. The summed E-state index contributed by atoms with van der Waals surface area (Å²) in [5, 5.41) is 3.16. The maximum Gasteiger partial charge on any atom is 0.273 e. The lowest BCUT2D eigenvalue weighted by molar-refractivity contribution is -0.124. The van der Waals surface area contributed by atoms with Crippen LogP contribution in [0, 0.1) is 5.82 Å². The van der Waals surface area contributed by atoms with Gasteiger partial charge in [-0.2, -0.15) is 0 Å². The summed E-state index contributed by atoms with van der Waals surface area (Å²) in [6.07, 6.45) is 1.67. The summed E-state index contributed by atoms with van der Waals surface area (Å²) in [6, 6.07) is 19.4. The van der Waals surface area contributed by atoms with Gasteiger partial charge in [0.25, 0.3) is 5.91 Å². The first-order valence-corrected chi connectivity index (χ1v) is 12.6. The molecule has 3 N–H and O–H groups in total. The summed E-state index contributed by atoms with van der Waals surface area (Å²) in [6.45, 7) is 5.16. The predicted molar refractivity (Wildman–Crippen MR) is 140 cm³/mol. The molecule has 1 fully saturated rings. The summed E-state index contributed by atoms with van der Waals surface area (Å²) in [5.41, 5.74) is 13.0. The monoisotopic (exact) mass is 483 g/mol. The topological polar surface area (TPSA) is 74.0 Å². The molecule has 36 heavy (non-hydrogen) atoms. The van der Waals surface area contributed by atoms with E-state index >= 15 is 0 Å². The van der Waals surface area contributed by atoms with Gasteiger partial charge in [-0.25, -0.2) is 9.38 Å². The maximum absolute atomic E-state index is 14.4. The molecule has 3 aliphatic rings. The Bertz CT molecular complexity index is 1340. The smallest absolute Gasteiger partial charge is 0.273 e. The number of carbonyl (C=O) groups is 1. The zero-order valence-electron chi connectivity index (χ0n) is 20.4. The van der Waals surface area contributed by atoms with E-state index in [9.17, 15) is 9.18 Å². The quantitative estimate of drug-likeness (QED) is 0.574. The number of nitrogens with one attached hydrogen (secondary N) is 1. The van der Waals surface area contributed by atoms with E-state index in [-0.39, 0.29) is 11.7 Å². The van der Waals surface area contributed by atoms with Crippen molar-refractivity contribution >= 4 is 17.3 Å². The van der Waals surface area contributed by atoms with E-state index in [0.29, 0.717) is 30.4 Å². The lowest BCUT2D eigenvalue weighted by atomic mass is 9.94. The lowest BCUT2D eigenvalue weighted by Gasteiger charge is -2.26. The molecule has 2 unspecified atom stereocenters. The minimum atomic E-state index is -0.700. The highest BCUT2D eigenvalue weighted by Crippen LogP contribution is 2.33. The highest BCUT2D eigenvalue weighted by atomic mass is 19.1. The first kappa shape index (κ1) is 22.9. The first-order valence-electron chi connectivity index (χ1n) is 12.6. The summed E-state index contributed by atoms with van der Waals surface area (Å²) >= 11 is 0. The van der Waals surface area contributed by atoms with E-state index in [2.05, 4.69) is 34.3 Å². The van der Waals surface area contributed by atoms with Gasteiger partial charge in [0, 0.05) is 36.9 Å². The Morgan fingerprint density at radius 3 is 2.58 bits per heavy atom. The second-order valence-electron chi connectivity index (χ2n) is 10.0. The van der Waals surface area contributed by atoms with Crippen molar-refractivity contribution in [3.05, 3.63) is 88.7 Å². The van der Waals surface area contributed by atoms with E-state index in [4.69, 9.17) is 5.73 Å². The predicted octanol–water partition coefficient (Wildman–Crippen LogP) is 4.48. The number of carbonyl (C=O) groups excluding carboxylic acids is 1. The van der Waals surface area contributed by atoms with Crippen molar-refractivity contribution in [2.45, 2.75) is 51.7 Å². The van der Waals surface area contributed by atoms with E-state index in [1.54, 1.807) is 11.0 Å². The molecule has 7 heteroatoms. The van der Waals surface area contributed by atoms with Gasteiger partial charge < -0.3 is 10.2 Å². The fourth-order valence-corrected chi connectivity index (χ4v) is 5.63. The molecular weight excluding hydrogens is 453 g/mol. The molecule has 0 bridgehead atoms. The van der Waals surface area contributed by atoms with Crippen LogP contribution < -0.4 is 11.1 Å². The van der Waals surface area contributed by atoms with Gasteiger partial charge >= 0.3 is 0 Å². The molecule has 0 spiro atoms. The molecule has 3 aromatic carbocycles. The van der Waals surface area contributed by atoms with E-state index in [1.807, 2.05) is 36.4 Å². The Hall–Kier alpha value is -3.55. The summed E-state index contributed by atoms with van der Waals surface area (Å²) in [7, 11) is 0. The minimum Gasteiger partial charge on any atom is -0.351 e. The minimum absolute atomic E-state index is 0.146. The van der Waals surface area contributed by atoms with Crippen molar-refractivity contribution in [1.82, 2.24) is 9.80 Å². The van der Waals surface area contributed by atoms with Crippen molar-refractivity contribution in [1.29, 1.82) is 0 Å². The highest BCUT2D eigenvalue weighted by Gasteiger charge is 2.31. The molecule has 2 atom stereocenters. The Balaban J connectivity index is 1.35. The third-order valence-electron chi connectivity index (χ3n) is 7.62. The van der Waals surface area contributed by atoms with Gasteiger partial charge in [0.2, 0.25) is 0 Å². The van der Waals surface area contributed by atoms with Crippen molar-refractivity contribution < 1.29 is 9.18 Å². The molecular formula is C29H30FN5O. The van der Waals surface area contributed by atoms with Crippen molar-refractivity contribution in [3.8, 4) is 11.1 Å².